The molecule has 22 heavy (non-hydrogen) atoms. The van der Waals surface area contributed by atoms with Gasteiger partial charge in [0.1, 0.15) is 5.75 Å². The molecule has 1 amide bonds. The summed E-state index contributed by atoms with van der Waals surface area (Å²) in [7, 11) is 0. The molecule has 0 aliphatic heterocycles. The number of rotatable bonds is 5. The van der Waals surface area contributed by atoms with Crippen molar-refractivity contribution < 1.29 is 18.3 Å². The highest BCUT2D eigenvalue weighted by Gasteiger charge is 2.18. The van der Waals surface area contributed by atoms with E-state index in [1.807, 2.05) is 0 Å². The van der Waals surface area contributed by atoms with Crippen molar-refractivity contribution in [3.05, 3.63) is 40.6 Å². The van der Waals surface area contributed by atoms with Crippen LogP contribution in [0.2, 0.25) is 10.0 Å². The molecule has 1 unspecified atom stereocenters. The van der Waals surface area contributed by atoms with Crippen LogP contribution in [0.3, 0.4) is 0 Å². The molecule has 0 saturated heterocycles. The minimum atomic E-state index is -2.77. The van der Waals surface area contributed by atoms with Crippen molar-refractivity contribution in [1.82, 2.24) is 9.78 Å². The summed E-state index contributed by atoms with van der Waals surface area (Å²) in [6.45, 7) is -1.27. The van der Waals surface area contributed by atoms with E-state index in [2.05, 4.69) is 10.4 Å². The van der Waals surface area contributed by atoms with Crippen LogP contribution in [-0.2, 0) is 4.79 Å². The monoisotopic (exact) mass is 349 g/mol. The fourth-order valence-corrected chi connectivity index (χ4v) is 2.02. The minimum absolute atomic E-state index is 0.142. The number of hydrogen-bond donors (Lipinski definition) is 1. The van der Waals surface area contributed by atoms with Gasteiger partial charge in [-0.1, -0.05) is 23.2 Å². The van der Waals surface area contributed by atoms with Gasteiger partial charge in [-0.2, -0.15) is 13.9 Å². The Morgan fingerprint density at radius 3 is 2.73 bits per heavy atom. The highest BCUT2D eigenvalue weighted by molar-refractivity contribution is 6.35. The maximum Gasteiger partial charge on any atom is 0.333 e. The van der Waals surface area contributed by atoms with E-state index >= 15 is 0 Å². The van der Waals surface area contributed by atoms with Crippen LogP contribution < -0.4 is 10.1 Å². The summed E-state index contributed by atoms with van der Waals surface area (Å²) in [5, 5.41) is 6.53. The van der Waals surface area contributed by atoms with Crippen molar-refractivity contribution >= 4 is 34.8 Å². The molecule has 0 bridgehead atoms. The molecule has 1 aromatic heterocycles. The average Bonchev–Trinajstić information content (AvgIpc) is 2.90. The highest BCUT2D eigenvalue weighted by Crippen LogP contribution is 2.28. The zero-order valence-corrected chi connectivity index (χ0v) is 12.8. The number of anilines is 1. The van der Waals surface area contributed by atoms with Gasteiger partial charge in [-0.05, 0) is 25.1 Å². The number of amides is 1. The molecule has 5 nitrogen and oxygen atoms in total. The van der Waals surface area contributed by atoms with E-state index in [1.54, 1.807) is 6.07 Å². The molecule has 1 heterocycles. The number of alkyl halides is 2. The van der Waals surface area contributed by atoms with Gasteiger partial charge in [0.2, 0.25) is 0 Å². The van der Waals surface area contributed by atoms with Crippen molar-refractivity contribution in [2.24, 2.45) is 0 Å². The molecule has 0 saturated carbocycles. The molecule has 2 rings (SSSR count). The highest BCUT2D eigenvalue weighted by atomic mass is 35.5. The van der Waals surface area contributed by atoms with Crippen molar-refractivity contribution in [1.29, 1.82) is 0 Å². The molecule has 0 aliphatic carbocycles. The molecule has 1 N–H and O–H groups in total. The second-order valence-electron chi connectivity index (χ2n) is 4.31. The van der Waals surface area contributed by atoms with Gasteiger partial charge in [0.15, 0.2) is 6.10 Å². The van der Waals surface area contributed by atoms with Crippen LogP contribution in [0.15, 0.2) is 30.6 Å². The Morgan fingerprint density at radius 1 is 1.41 bits per heavy atom. The fourth-order valence-electron chi connectivity index (χ4n) is 1.57. The number of carbonyl (C=O) groups is 1. The van der Waals surface area contributed by atoms with Crippen molar-refractivity contribution in [3.63, 3.8) is 0 Å². The molecular formula is C13H11Cl2F2N3O2. The van der Waals surface area contributed by atoms with Crippen LogP contribution in [0.4, 0.5) is 14.5 Å². The number of benzene rings is 1. The lowest BCUT2D eigenvalue weighted by Crippen LogP contribution is -2.30. The minimum Gasteiger partial charge on any atom is -0.479 e. The quantitative estimate of drug-likeness (QED) is 0.887. The first-order valence-electron chi connectivity index (χ1n) is 6.11. The second kappa shape index (κ2) is 6.93. The topological polar surface area (TPSA) is 56.1 Å². The first-order valence-corrected chi connectivity index (χ1v) is 6.87. The van der Waals surface area contributed by atoms with Gasteiger partial charge >= 0.3 is 6.55 Å². The van der Waals surface area contributed by atoms with Gasteiger partial charge in [-0.15, -0.1) is 0 Å². The van der Waals surface area contributed by atoms with Gasteiger partial charge in [0, 0.05) is 5.02 Å². The van der Waals surface area contributed by atoms with Gasteiger partial charge in [-0.3, -0.25) is 4.79 Å². The smallest absolute Gasteiger partial charge is 0.333 e. The summed E-state index contributed by atoms with van der Waals surface area (Å²) in [5.74, 6) is -0.239. The molecule has 118 valence electrons. The van der Waals surface area contributed by atoms with Crippen LogP contribution in [0.25, 0.3) is 0 Å². The van der Waals surface area contributed by atoms with E-state index < -0.39 is 18.6 Å². The largest absolute Gasteiger partial charge is 0.479 e. The summed E-state index contributed by atoms with van der Waals surface area (Å²) >= 11 is 11.7. The van der Waals surface area contributed by atoms with E-state index in [-0.39, 0.29) is 16.5 Å². The fraction of sp³-hybridized carbons (Fsp3) is 0.231. The Hall–Kier alpha value is -1.86. The van der Waals surface area contributed by atoms with E-state index in [1.165, 1.54) is 19.1 Å². The van der Waals surface area contributed by atoms with Crippen LogP contribution in [-0.4, -0.2) is 21.8 Å². The van der Waals surface area contributed by atoms with Crippen LogP contribution in [0, 0.1) is 0 Å². The molecule has 9 heteroatoms. The summed E-state index contributed by atoms with van der Waals surface area (Å²) in [6.07, 6.45) is 1.24. The van der Waals surface area contributed by atoms with Crippen molar-refractivity contribution in [2.75, 3.05) is 5.32 Å². The Labute approximate surface area is 134 Å². The van der Waals surface area contributed by atoms with Crippen LogP contribution in [0.5, 0.6) is 5.75 Å². The van der Waals surface area contributed by atoms with Gasteiger partial charge < -0.3 is 10.1 Å². The average molecular weight is 350 g/mol. The normalized spacial score (nSPS) is 12.3. The summed E-state index contributed by atoms with van der Waals surface area (Å²) in [4.78, 5) is 11.9. The first-order chi connectivity index (χ1) is 10.4. The number of halogens is 4. The van der Waals surface area contributed by atoms with Gasteiger partial charge in [0.05, 0.1) is 23.1 Å². The molecule has 2 aromatic rings. The van der Waals surface area contributed by atoms with E-state index in [0.717, 1.165) is 12.4 Å². The third kappa shape index (κ3) is 4.08. The van der Waals surface area contributed by atoms with Crippen LogP contribution >= 0.6 is 23.2 Å². The van der Waals surface area contributed by atoms with Crippen LogP contribution in [0.1, 0.15) is 13.5 Å². The van der Waals surface area contributed by atoms with Crippen molar-refractivity contribution in [3.8, 4) is 5.75 Å². The predicted octanol–water partition coefficient (Wildman–Crippen LogP) is 3.99. The van der Waals surface area contributed by atoms with E-state index in [4.69, 9.17) is 27.9 Å². The molecule has 0 spiro atoms. The molecule has 0 radical (unpaired) electrons. The maximum absolute atomic E-state index is 12.4. The SMILES string of the molecule is CC(Oc1ccc(Cl)cc1Cl)C(=O)Nc1cnn(C(F)F)c1. The number of hydrogen-bond acceptors (Lipinski definition) is 3. The van der Waals surface area contributed by atoms with Crippen molar-refractivity contribution in [2.45, 2.75) is 19.6 Å². The number of nitrogens with one attached hydrogen (secondary N) is 1. The molecule has 1 atom stereocenters. The zero-order valence-electron chi connectivity index (χ0n) is 11.3. The Bertz CT molecular complexity index is 679. The summed E-state index contributed by atoms with van der Waals surface area (Å²) in [6, 6.07) is 4.58. The maximum atomic E-state index is 12.4. The third-order valence-corrected chi connectivity index (χ3v) is 3.17. The zero-order chi connectivity index (χ0) is 16.3. The Morgan fingerprint density at radius 2 is 2.14 bits per heavy atom. The Kier molecular flexibility index (Phi) is 5.20. The third-order valence-electron chi connectivity index (χ3n) is 2.64. The number of ether oxygens (including phenoxy) is 1. The number of nitrogens with zero attached hydrogens (tertiary/aromatic N) is 2. The lowest BCUT2D eigenvalue weighted by atomic mass is 10.3. The Balaban J connectivity index is 1.99. The predicted molar refractivity (Wildman–Crippen MR) is 78.7 cm³/mol. The van der Waals surface area contributed by atoms with Gasteiger partial charge in [0.25, 0.3) is 5.91 Å². The molecule has 0 fully saturated rings. The molecular weight excluding hydrogens is 339 g/mol. The van der Waals surface area contributed by atoms with E-state index in [9.17, 15) is 13.6 Å². The van der Waals surface area contributed by atoms with Gasteiger partial charge in [-0.25, -0.2) is 4.68 Å². The molecule has 1 aromatic carbocycles. The lowest BCUT2D eigenvalue weighted by molar-refractivity contribution is -0.122. The molecule has 0 aliphatic rings. The second-order valence-corrected chi connectivity index (χ2v) is 5.15. The number of aromatic nitrogens is 2. The first kappa shape index (κ1) is 16.5. The summed E-state index contributed by atoms with van der Waals surface area (Å²) < 4.78 is 30.6. The van der Waals surface area contributed by atoms with E-state index in [0.29, 0.717) is 9.70 Å². The number of carbonyl (C=O) groups excluding carboxylic acids is 1. The summed E-state index contributed by atoms with van der Waals surface area (Å²) in [5.41, 5.74) is 0.142. The standard InChI is InChI=1S/C13H11Cl2F2N3O2/c1-7(22-11-3-2-8(14)4-10(11)15)12(21)19-9-5-18-20(6-9)13(16)17/h2-7,13H,1H3,(H,19,21). The lowest BCUT2D eigenvalue weighted by Gasteiger charge is -2.15.